The fraction of sp³-hybridized carbons (Fsp3) is 0.500. The van der Waals surface area contributed by atoms with E-state index in [2.05, 4.69) is 62.9 Å². The highest BCUT2D eigenvalue weighted by molar-refractivity contribution is 6.89. The minimum atomic E-state index is -1.55. The Bertz CT molecular complexity index is 998. The highest BCUT2D eigenvalue weighted by Gasteiger charge is 2.28. The van der Waals surface area contributed by atoms with E-state index in [0.29, 0.717) is 0 Å². The van der Waals surface area contributed by atoms with Gasteiger partial charge in [-0.3, -0.25) is 4.98 Å². The summed E-state index contributed by atoms with van der Waals surface area (Å²) >= 11 is 0. The minimum Gasteiger partial charge on any atom is -0.251 e. The Balaban J connectivity index is 1.97. The van der Waals surface area contributed by atoms with Gasteiger partial charge in [0.25, 0.3) is 0 Å². The van der Waals surface area contributed by atoms with E-state index in [1.807, 2.05) is 0 Å². The van der Waals surface area contributed by atoms with E-state index in [0.717, 1.165) is 36.2 Å². The second kappa shape index (κ2) is 6.97. The highest BCUT2D eigenvalue weighted by atomic mass is 28.3. The summed E-state index contributed by atoms with van der Waals surface area (Å²) in [5, 5.41) is 1.45. The van der Waals surface area contributed by atoms with Crippen molar-refractivity contribution in [2.45, 2.75) is 77.8 Å². The smallest absolute Gasteiger partial charge is 0.129 e. The topological polar surface area (TPSA) is 25.8 Å². The molecule has 0 unspecified atom stereocenters. The van der Waals surface area contributed by atoms with Crippen molar-refractivity contribution in [3.8, 4) is 22.9 Å². The summed E-state index contributed by atoms with van der Waals surface area (Å²) < 4.78 is 0. The highest BCUT2D eigenvalue weighted by Crippen LogP contribution is 2.30. The van der Waals surface area contributed by atoms with Crippen LogP contribution in [0.4, 0.5) is 0 Å². The van der Waals surface area contributed by atoms with Crippen molar-refractivity contribution in [3.63, 3.8) is 0 Å². The summed E-state index contributed by atoms with van der Waals surface area (Å²) in [6, 6.07) is 4.81. The van der Waals surface area contributed by atoms with Crippen LogP contribution in [-0.2, 0) is 25.7 Å². The zero-order valence-corrected chi connectivity index (χ0v) is 20.3. The molecule has 0 saturated heterocycles. The van der Waals surface area contributed by atoms with E-state index in [-0.39, 0.29) is 0 Å². The molecule has 28 heavy (non-hydrogen) atoms. The van der Waals surface area contributed by atoms with Crippen molar-refractivity contribution in [1.29, 1.82) is 0 Å². The fourth-order valence-corrected chi connectivity index (χ4v) is 6.23. The molecule has 0 fully saturated rings. The average molecular weight is 405 g/mol. The number of nitrogens with zero attached hydrogens (tertiary/aromatic N) is 2. The monoisotopic (exact) mass is 404 g/mol. The van der Waals surface area contributed by atoms with Crippen molar-refractivity contribution < 1.29 is 0 Å². The van der Waals surface area contributed by atoms with E-state index in [4.69, 9.17) is 9.97 Å². The van der Waals surface area contributed by atoms with Crippen molar-refractivity contribution in [3.05, 3.63) is 40.2 Å². The second-order valence-corrected chi connectivity index (χ2v) is 20.2. The maximum Gasteiger partial charge on any atom is 0.129 e. The van der Waals surface area contributed by atoms with Crippen LogP contribution >= 0.6 is 0 Å². The lowest BCUT2D eigenvalue weighted by Gasteiger charge is -2.22. The van der Waals surface area contributed by atoms with E-state index < -0.39 is 16.1 Å². The molecule has 0 bridgehead atoms. The predicted octanol–water partition coefficient (Wildman–Crippen LogP) is 4.90. The van der Waals surface area contributed by atoms with E-state index in [9.17, 15) is 0 Å². The van der Waals surface area contributed by atoms with E-state index in [1.54, 1.807) is 0 Å². The first-order valence-corrected chi connectivity index (χ1v) is 17.7. The number of fused-ring (bicyclic) bond motifs is 2. The molecule has 0 aromatic carbocycles. The van der Waals surface area contributed by atoms with Crippen molar-refractivity contribution in [1.82, 2.24) is 9.97 Å². The number of aryl methyl sites for hydroxylation is 4. The Morgan fingerprint density at radius 1 is 0.750 bits per heavy atom. The van der Waals surface area contributed by atoms with Gasteiger partial charge in [0.1, 0.15) is 13.8 Å². The first-order chi connectivity index (χ1) is 13.1. The number of hydrogen-bond donors (Lipinski definition) is 0. The fourth-order valence-electron chi connectivity index (χ4n) is 4.23. The molecule has 2 aromatic heterocycles. The van der Waals surface area contributed by atoms with Gasteiger partial charge in [0, 0.05) is 11.4 Å². The molecule has 4 rings (SSSR count). The Morgan fingerprint density at radius 2 is 1.32 bits per heavy atom. The van der Waals surface area contributed by atoms with Gasteiger partial charge < -0.3 is 0 Å². The molecular formula is C24H32N2Si2. The Labute approximate surface area is 172 Å². The van der Waals surface area contributed by atoms with Gasteiger partial charge in [-0.25, -0.2) is 4.98 Å². The van der Waals surface area contributed by atoms with Crippen LogP contribution in [0.25, 0.3) is 11.4 Å². The summed E-state index contributed by atoms with van der Waals surface area (Å²) in [5.74, 6) is 3.55. The van der Waals surface area contributed by atoms with Crippen LogP contribution in [0.3, 0.4) is 0 Å². The van der Waals surface area contributed by atoms with Crippen LogP contribution < -0.4 is 5.19 Å². The molecular weight excluding hydrogens is 372 g/mol. The Morgan fingerprint density at radius 3 is 1.89 bits per heavy atom. The molecule has 2 heterocycles. The van der Waals surface area contributed by atoms with Crippen molar-refractivity contribution in [2.24, 2.45) is 0 Å². The summed E-state index contributed by atoms with van der Waals surface area (Å²) in [7, 11) is -3.01. The molecule has 4 heteroatoms. The van der Waals surface area contributed by atoms with Crippen LogP contribution in [0.15, 0.2) is 12.1 Å². The van der Waals surface area contributed by atoms with Gasteiger partial charge in [0.15, 0.2) is 0 Å². The Kier molecular flexibility index (Phi) is 4.88. The van der Waals surface area contributed by atoms with Gasteiger partial charge in [-0.2, -0.15) is 0 Å². The SMILES string of the molecule is C[Si](C)(C)C#Cc1cc2c(nc1-c1nc3c(cc1[Si](C)(C)C)CCC3)CCC2. The summed E-state index contributed by atoms with van der Waals surface area (Å²) in [6.07, 6.45) is 6.97. The molecule has 2 aliphatic rings. The van der Waals surface area contributed by atoms with Crippen LogP contribution in [0.2, 0.25) is 39.3 Å². The zero-order chi connectivity index (χ0) is 20.1. The molecule has 2 aromatic rings. The predicted molar refractivity (Wildman–Crippen MR) is 125 cm³/mol. The van der Waals surface area contributed by atoms with Gasteiger partial charge in [0.2, 0.25) is 0 Å². The summed E-state index contributed by atoms with van der Waals surface area (Å²) in [4.78, 5) is 10.4. The lowest BCUT2D eigenvalue weighted by Crippen LogP contribution is -2.40. The Hall–Kier alpha value is -1.71. The van der Waals surface area contributed by atoms with Gasteiger partial charge in [0.05, 0.1) is 19.3 Å². The third-order valence-electron chi connectivity index (χ3n) is 5.71. The maximum atomic E-state index is 5.24. The summed E-state index contributed by atoms with van der Waals surface area (Å²) in [6.45, 7) is 14.2. The third kappa shape index (κ3) is 3.88. The lowest BCUT2D eigenvalue weighted by molar-refractivity contribution is 0.897. The molecule has 0 N–H and O–H groups in total. The normalized spacial score (nSPS) is 15.8. The molecule has 0 atom stereocenters. The second-order valence-electron chi connectivity index (χ2n) is 10.4. The summed E-state index contributed by atoms with van der Waals surface area (Å²) in [5.41, 5.74) is 12.3. The molecule has 0 aliphatic heterocycles. The van der Waals surface area contributed by atoms with Crippen molar-refractivity contribution >= 4 is 21.3 Å². The number of aromatic nitrogens is 2. The van der Waals surface area contributed by atoms with Gasteiger partial charge in [-0.05, 0) is 60.9 Å². The van der Waals surface area contributed by atoms with Crippen molar-refractivity contribution in [2.75, 3.05) is 0 Å². The largest absolute Gasteiger partial charge is 0.251 e. The van der Waals surface area contributed by atoms with E-state index in [1.165, 1.54) is 47.0 Å². The maximum absolute atomic E-state index is 5.24. The molecule has 2 nitrogen and oxygen atoms in total. The van der Waals surface area contributed by atoms with Gasteiger partial charge in [-0.1, -0.05) is 51.3 Å². The van der Waals surface area contributed by atoms with Crippen LogP contribution in [0.1, 0.15) is 40.9 Å². The molecule has 0 amide bonds. The minimum absolute atomic E-state index is 1.05. The molecule has 146 valence electrons. The van der Waals surface area contributed by atoms with Crippen LogP contribution in [-0.4, -0.2) is 26.1 Å². The molecule has 0 saturated carbocycles. The standard InChI is InChI=1S/C24H32N2Si2/c1-27(2,3)14-13-19-15-17-9-7-11-20(17)25-23(19)24-22(28(4,5)6)16-18-10-8-12-21(18)26-24/h15-16H,7-12H2,1-6H3. The number of rotatable bonds is 2. The van der Waals surface area contributed by atoms with E-state index >= 15 is 0 Å². The molecule has 0 spiro atoms. The number of hydrogen-bond acceptors (Lipinski definition) is 2. The van der Waals surface area contributed by atoms with Gasteiger partial charge >= 0.3 is 0 Å². The lowest BCUT2D eigenvalue weighted by atomic mass is 10.1. The van der Waals surface area contributed by atoms with Crippen LogP contribution in [0, 0.1) is 11.5 Å². The number of pyridine rings is 2. The average Bonchev–Trinajstić information content (AvgIpc) is 3.24. The molecule has 2 aliphatic carbocycles. The third-order valence-corrected chi connectivity index (χ3v) is 8.58. The first kappa shape index (κ1) is 19.6. The quantitative estimate of drug-likeness (QED) is 0.526. The van der Waals surface area contributed by atoms with Crippen LogP contribution in [0.5, 0.6) is 0 Å². The first-order valence-electron chi connectivity index (χ1n) is 10.7. The molecule has 0 radical (unpaired) electrons. The zero-order valence-electron chi connectivity index (χ0n) is 18.3. The van der Waals surface area contributed by atoms with Gasteiger partial charge in [-0.15, -0.1) is 5.54 Å².